The summed E-state index contributed by atoms with van der Waals surface area (Å²) < 4.78 is 121. The zero-order chi connectivity index (χ0) is 23.1. The third-order valence-electron chi connectivity index (χ3n) is 3.53. The van der Waals surface area contributed by atoms with Crippen molar-refractivity contribution < 1.29 is 63.1 Å². The largest absolute Gasteiger partial charge is 0.463 e. The van der Waals surface area contributed by atoms with Crippen molar-refractivity contribution in [2.45, 2.75) is 44.6 Å². The van der Waals surface area contributed by atoms with E-state index in [-0.39, 0.29) is 19.1 Å². The number of hydrogen-bond acceptors (Lipinski definition) is 7. The van der Waals surface area contributed by atoms with Crippen LogP contribution in [0.5, 0.6) is 0 Å². The maximum absolute atomic E-state index is 13.0. The Balaban J connectivity index is 4.87. The smallest absolute Gasteiger partial charge is 0.438 e. The average Bonchev–Trinajstić information content (AvgIpc) is 2.52. The normalized spacial score (nSPS) is 14.4. The first-order valence-electron chi connectivity index (χ1n) is 8.01. The summed E-state index contributed by atoms with van der Waals surface area (Å²) in [5, 5.41) is 0. The molecule has 15 heteroatoms. The van der Waals surface area contributed by atoms with Crippen molar-refractivity contribution in [3.8, 4) is 0 Å². The van der Waals surface area contributed by atoms with E-state index in [1.807, 2.05) is 0 Å². The van der Waals surface area contributed by atoms with Crippen molar-refractivity contribution in [2.24, 2.45) is 5.92 Å². The monoisotopic (exact) mass is 462 g/mol. The molecular formula is C14H20F6O8S. The van der Waals surface area contributed by atoms with Gasteiger partial charge in [0.05, 0.1) is 25.6 Å². The summed E-state index contributed by atoms with van der Waals surface area (Å²) in [5.74, 6) is -5.95. The van der Waals surface area contributed by atoms with Gasteiger partial charge in [0.2, 0.25) is 0 Å². The molecule has 0 aliphatic rings. The van der Waals surface area contributed by atoms with E-state index < -0.39 is 58.8 Å². The van der Waals surface area contributed by atoms with Crippen LogP contribution in [0.3, 0.4) is 0 Å². The number of hydrogen-bond donors (Lipinski definition) is 1. The summed E-state index contributed by atoms with van der Waals surface area (Å²) in [7, 11) is -5.84. The summed E-state index contributed by atoms with van der Waals surface area (Å²) in [6.07, 6.45) is -13.4. The lowest BCUT2D eigenvalue weighted by Crippen LogP contribution is -2.63. The van der Waals surface area contributed by atoms with Crippen molar-refractivity contribution in [1.29, 1.82) is 0 Å². The first-order valence-corrected chi connectivity index (χ1v) is 9.62. The number of ether oxygens (including phenoxy) is 3. The van der Waals surface area contributed by atoms with Crippen molar-refractivity contribution >= 4 is 22.1 Å². The standard InChI is InChI=1S/C14H20F6O8S/c1-3-9(2)11(22)27-7-6-26-5-4-10(21)28-12(13(15,16)17,14(18,19)20)8-29(23,24)25/h9H,3-8H2,1-2H3,(H,23,24,25). The molecule has 1 atom stereocenters. The molecule has 29 heavy (non-hydrogen) atoms. The molecule has 1 N–H and O–H groups in total. The summed E-state index contributed by atoms with van der Waals surface area (Å²) in [5.41, 5.74) is -5.45. The second kappa shape index (κ2) is 10.4. The van der Waals surface area contributed by atoms with Gasteiger partial charge in [-0.05, 0) is 6.42 Å². The molecule has 0 aliphatic carbocycles. The van der Waals surface area contributed by atoms with E-state index in [1.165, 1.54) is 0 Å². The second-order valence-electron chi connectivity index (χ2n) is 5.86. The molecule has 0 radical (unpaired) electrons. The van der Waals surface area contributed by atoms with Gasteiger partial charge in [0, 0.05) is 0 Å². The van der Waals surface area contributed by atoms with Crippen LogP contribution in [0, 0.1) is 5.92 Å². The van der Waals surface area contributed by atoms with Gasteiger partial charge in [-0.25, -0.2) is 0 Å². The van der Waals surface area contributed by atoms with Gasteiger partial charge in [-0.3, -0.25) is 14.1 Å². The van der Waals surface area contributed by atoms with Gasteiger partial charge >= 0.3 is 29.9 Å². The van der Waals surface area contributed by atoms with Gasteiger partial charge in [-0.1, -0.05) is 13.8 Å². The maximum Gasteiger partial charge on any atom is 0.438 e. The van der Waals surface area contributed by atoms with Crippen molar-refractivity contribution in [3.05, 3.63) is 0 Å². The Hall–Kier alpha value is -1.61. The fourth-order valence-corrected chi connectivity index (χ4v) is 2.64. The van der Waals surface area contributed by atoms with E-state index in [2.05, 4.69) is 4.74 Å². The zero-order valence-electron chi connectivity index (χ0n) is 15.3. The molecule has 0 aromatic carbocycles. The van der Waals surface area contributed by atoms with Crippen molar-refractivity contribution in [2.75, 3.05) is 25.6 Å². The molecule has 8 nitrogen and oxygen atoms in total. The molecule has 0 fully saturated rings. The lowest BCUT2D eigenvalue weighted by atomic mass is 10.1. The summed E-state index contributed by atoms with van der Waals surface area (Å²) in [6.45, 7) is 2.06. The lowest BCUT2D eigenvalue weighted by Gasteiger charge is -2.35. The minimum Gasteiger partial charge on any atom is -0.463 e. The van der Waals surface area contributed by atoms with Crippen LogP contribution >= 0.6 is 0 Å². The van der Waals surface area contributed by atoms with Crippen LogP contribution in [0.4, 0.5) is 26.3 Å². The predicted octanol–water partition coefficient (Wildman–Crippen LogP) is 2.28. The predicted molar refractivity (Wildman–Crippen MR) is 83.2 cm³/mol. The second-order valence-corrected chi connectivity index (χ2v) is 7.31. The van der Waals surface area contributed by atoms with Crippen LogP contribution in [-0.4, -0.2) is 68.4 Å². The van der Waals surface area contributed by atoms with Crippen molar-refractivity contribution in [3.63, 3.8) is 0 Å². The molecule has 0 saturated carbocycles. The minimum atomic E-state index is -6.39. The fraction of sp³-hybridized carbons (Fsp3) is 0.857. The Morgan fingerprint density at radius 3 is 1.93 bits per heavy atom. The molecule has 0 rings (SSSR count). The van der Waals surface area contributed by atoms with Crippen LogP contribution in [0.2, 0.25) is 0 Å². The van der Waals surface area contributed by atoms with Crippen molar-refractivity contribution in [1.82, 2.24) is 0 Å². The van der Waals surface area contributed by atoms with Gasteiger partial charge in [0.15, 0.2) is 0 Å². The highest BCUT2D eigenvalue weighted by molar-refractivity contribution is 7.85. The lowest BCUT2D eigenvalue weighted by molar-refractivity contribution is -0.361. The number of halogens is 6. The number of carbonyl (C=O) groups excluding carboxylic acids is 2. The number of esters is 2. The topological polar surface area (TPSA) is 116 Å². The molecule has 0 heterocycles. The molecule has 0 aromatic heterocycles. The van der Waals surface area contributed by atoms with E-state index >= 15 is 0 Å². The third-order valence-corrected chi connectivity index (χ3v) is 4.30. The van der Waals surface area contributed by atoms with Gasteiger partial charge in [0.25, 0.3) is 10.1 Å². The van der Waals surface area contributed by atoms with Crippen LogP contribution in [0.25, 0.3) is 0 Å². The Morgan fingerprint density at radius 1 is 1.00 bits per heavy atom. The Morgan fingerprint density at radius 2 is 1.52 bits per heavy atom. The van der Waals surface area contributed by atoms with Crippen LogP contribution in [0.1, 0.15) is 26.7 Å². The van der Waals surface area contributed by atoms with Gasteiger partial charge < -0.3 is 14.2 Å². The molecule has 0 spiro atoms. The fourth-order valence-electron chi connectivity index (χ4n) is 1.74. The zero-order valence-corrected chi connectivity index (χ0v) is 16.1. The molecule has 0 amide bonds. The van der Waals surface area contributed by atoms with E-state index in [0.29, 0.717) is 6.42 Å². The Bertz CT molecular complexity index is 644. The Labute approximate surface area is 162 Å². The van der Waals surface area contributed by atoms with Gasteiger partial charge in [-0.15, -0.1) is 0 Å². The van der Waals surface area contributed by atoms with E-state index in [9.17, 15) is 44.3 Å². The first kappa shape index (κ1) is 27.4. The molecule has 0 aromatic rings. The maximum atomic E-state index is 13.0. The molecule has 1 unspecified atom stereocenters. The molecule has 0 bridgehead atoms. The van der Waals surface area contributed by atoms with Crippen LogP contribution in [0.15, 0.2) is 0 Å². The highest BCUT2D eigenvalue weighted by Gasteiger charge is 2.75. The quantitative estimate of drug-likeness (QED) is 0.215. The summed E-state index contributed by atoms with van der Waals surface area (Å²) in [6, 6.07) is 0. The number of carbonyl (C=O) groups is 2. The highest BCUT2D eigenvalue weighted by atomic mass is 32.2. The van der Waals surface area contributed by atoms with E-state index in [4.69, 9.17) is 14.0 Å². The number of rotatable bonds is 11. The SMILES string of the molecule is CCC(C)C(=O)OCCOCCC(=O)OC(CS(=O)(=O)O)(C(F)(F)F)C(F)(F)F. The summed E-state index contributed by atoms with van der Waals surface area (Å²) in [4.78, 5) is 22.8. The molecule has 0 saturated heterocycles. The number of alkyl halides is 6. The molecular weight excluding hydrogens is 442 g/mol. The van der Waals surface area contributed by atoms with Gasteiger partial charge in [0.1, 0.15) is 12.4 Å². The van der Waals surface area contributed by atoms with Crippen LogP contribution < -0.4 is 0 Å². The first-order chi connectivity index (χ1) is 13.0. The molecule has 0 aliphatic heterocycles. The van der Waals surface area contributed by atoms with Crippen LogP contribution in [-0.2, 0) is 33.9 Å². The minimum absolute atomic E-state index is 0.268. The highest BCUT2D eigenvalue weighted by Crippen LogP contribution is 2.46. The van der Waals surface area contributed by atoms with E-state index in [0.717, 1.165) is 0 Å². The summed E-state index contributed by atoms with van der Waals surface area (Å²) >= 11 is 0. The molecule has 172 valence electrons. The average molecular weight is 462 g/mol. The van der Waals surface area contributed by atoms with E-state index in [1.54, 1.807) is 13.8 Å². The Kier molecular flexibility index (Phi) is 9.85. The van der Waals surface area contributed by atoms with Gasteiger partial charge in [-0.2, -0.15) is 34.8 Å². The third kappa shape index (κ3) is 8.74.